The van der Waals surface area contributed by atoms with E-state index in [4.69, 9.17) is 0 Å². The van der Waals surface area contributed by atoms with E-state index in [-0.39, 0.29) is 11.9 Å². The third-order valence-electron chi connectivity index (χ3n) is 6.65. The fourth-order valence-electron chi connectivity index (χ4n) is 4.73. The molecule has 6 heteroatoms. The van der Waals surface area contributed by atoms with Gasteiger partial charge < -0.3 is 20.4 Å². The average Bonchev–Trinajstić information content (AvgIpc) is 2.78. The van der Waals surface area contributed by atoms with E-state index in [1.807, 2.05) is 29.2 Å². The lowest BCUT2D eigenvalue weighted by Gasteiger charge is -2.33. The van der Waals surface area contributed by atoms with Crippen LogP contribution in [0.2, 0.25) is 0 Å². The molecule has 6 nitrogen and oxygen atoms in total. The minimum absolute atomic E-state index is 0.114. The van der Waals surface area contributed by atoms with Crippen LogP contribution in [0, 0.1) is 5.92 Å². The summed E-state index contributed by atoms with van der Waals surface area (Å²) in [5, 5.41) is 5.86. The number of likely N-dealkylation sites (tertiary alicyclic amines) is 2. The van der Waals surface area contributed by atoms with Gasteiger partial charge in [-0.25, -0.2) is 4.79 Å². The summed E-state index contributed by atoms with van der Waals surface area (Å²) in [7, 11) is 0. The van der Waals surface area contributed by atoms with Crippen LogP contribution < -0.4 is 10.6 Å². The molecule has 0 bridgehead atoms. The second-order valence-corrected chi connectivity index (χ2v) is 9.40. The van der Waals surface area contributed by atoms with Crippen molar-refractivity contribution in [2.75, 3.05) is 32.7 Å². The second-order valence-electron chi connectivity index (χ2n) is 9.40. The van der Waals surface area contributed by atoms with Gasteiger partial charge in [0.15, 0.2) is 0 Å². The number of piperidine rings is 2. The van der Waals surface area contributed by atoms with Gasteiger partial charge in [-0.2, -0.15) is 0 Å². The molecule has 3 rings (SSSR count). The molecule has 2 N–H and O–H groups in total. The molecular weight excluding hydrogens is 388 g/mol. The van der Waals surface area contributed by atoms with Crippen LogP contribution in [0.5, 0.6) is 0 Å². The SMILES string of the molecule is C[C@@H]1CCCN(CCCCNC(=O)NCc2ccc(C(=O)N3CCCC[C@@H]3C)cc2)C1. The molecular formula is C25H40N4O2. The molecule has 0 saturated carbocycles. The summed E-state index contributed by atoms with van der Waals surface area (Å²) in [4.78, 5) is 29.3. The van der Waals surface area contributed by atoms with Crippen LogP contribution in [0.3, 0.4) is 0 Å². The van der Waals surface area contributed by atoms with Gasteiger partial charge in [0.25, 0.3) is 5.91 Å². The topological polar surface area (TPSA) is 64.7 Å². The number of hydrogen-bond donors (Lipinski definition) is 2. The Balaban J connectivity index is 1.30. The molecule has 2 aliphatic rings. The summed E-state index contributed by atoms with van der Waals surface area (Å²) in [6.07, 6.45) is 8.17. The molecule has 0 aromatic heterocycles. The fraction of sp³-hybridized carbons (Fsp3) is 0.680. The van der Waals surface area contributed by atoms with Gasteiger partial charge in [0, 0.05) is 37.8 Å². The first-order valence-electron chi connectivity index (χ1n) is 12.2. The van der Waals surface area contributed by atoms with Crippen molar-refractivity contribution in [2.24, 2.45) is 5.92 Å². The Morgan fingerprint density at radius 3 is 2.52 bits per heavy atom. The predicted octanol–water partition coefficient (Wildman–Crippen LogP) is 4.01. The third-order valence-corrected chi connectivity index (χ3v) is 6.65. The van der Waals surface area contributed by atoms with Crippen molar-refractivity contribution in [3.8, 4) is 0 Å². The summed E-state index contributed by atoms with van der Waals surface area (Å²) in [6.45, 7) is 10.0. The molecule has 2 heterocycles. The number of amides is 3. The number of carbonyl (C=O) groups excluding carboxylic acids is 2. The Morgan fingerprint density at radius 1 is 0.968 bits per heavy atom. The van der Waals surface area contributed by atoms with Crippen molar-refractivity contribution < 1.29 is 9.59 Å². The van der Waals surface area contributed by atoms with E-state index in [0.29, 0.717) is 19.1 Å². The standard InChI is InChI=1S/C25H40N4O2/c1-20-8-7-16-28(19-20)15-6-4-14-26-25(31)27-18-22-10-12-23(13-11-22)24(30)29-17-5-3-9-21(29)2/h10-13,20-21H,3-9,14-19H2,1-2H3,(H2,26,27,31)/t20-,21+/m1/s1. The number of carbonyl (C=O) groups is 2. The number of nitrogens with one attached hydrogen (secondary N) is 2. The monoisotopic (exact) mass is 428 g/mol. The zero-order valence-electron chi connectivity index (χ0n) is 19.4. The maximum atomic E-state index is 12.7. The normalized spacial score (nSPS) is 22.2. The van der Waals surface area contributed by atoms with Gasteiger partial charge in [0.05, 0.1) is 0 Å². The first-order valence-corrected chi connectivity index (χ1v) is 12.2. The Kier molecular flexibility index (Phi) is 9.19. The minimum Gasteiger partial charge on any atom is -0.338 e. The summed E-state index contributed by atoms with van der Waals surface area (Å²) >= 11 is 0. The number of urea groups is 1. The zero-order chi connectivity index (χ0) is 22.1. The number of rotatable bonds is 8. The smallest absolute Gasteiger partial charge is 0.315 e. The zero-order valence-corrected chi connectivity index (χ0v) is 19.4. The van der Waals surface area contributed by atoms with Gasteiger partial charge in [-0.15, -0.1) is 0 Å². The van der Waals surface area contributed by atoms with Gasteiger partial charge in [-0.3, -0.25) is 4.79 Å². The van der Waals surface area contributed by atoms with Crippen LogP contribution in [0.25, 0.3) is 0 Å². The molecule has 0 aliphatic carbocycles. The largest absolute Gasteiger partial charge is 0.338 e. The highest BCUT2D eigenvalue weighted by Gasteiger charge is 2.24. The van der Waals surface area contributed by atoms with Crippen LogP contribution in [-0.4, -0.2) is 60.5 Å². The van der Waals surface area contributed by atoms with Crippen LogP contribution in [0.15, 0.2) is 24.3 Å². The van der Waals surface area contributed by atoms with Crippen molar-refractivity contribution in [1.82, 2.24) is 20.4 Å². The van der Waals surface area contributed by atoms with Gasteiger partial charge in [-0.05, 0) is 88.6 Å². The number of nitrogens with zero attached hydrogens (tertiary/aromatic N) is 2. The molecule has 31 heavy (non-hydrogen) atoms. The van der Waals surface area contributed by atoms with Crippen LogP contribution in [0.1, 0.15) is 74.7 Å². The van der Waals surface area contributed by atoms with Crippen molar-refractivity contribution in [3.63, 3.8) is 0 Å². The molecule has 1 aromatic carbocycles. The van der Waals surface area contributed by atoms with Crippen molar-refractivity contribution >= 4 is 11.9 Å². The van der Waals surface area contributed by atoms with E-state index >= 15 is 0 Å². The van der Waals surface area contributed by atoms with Gasteiger partial charge in [0.2, 0.25) is 0 Å². The van der Waals surface area contributed by atoms with E-state index in [9.17, 15) is 9.59 Å². The van der Waals surface area contributed by atoms with Gasteiger partial charge >= 0.3 is 6.03 Å². The molecule has 0 spiro atoms. The van der Waals surface area contributed by atoms with E-state index in [0.717, 1.165) is 55.8 Å². The van der Waals surface area contributed by atoms with Crippen molar-refractivity contribution in [3.05, 3.63) is 35.4 Å². The van der Waals surface area contributed by atoms with E-state index in [1.165, 1.54) is 32.4 Å². The summed E-state index contributed by atoms with van der Waals surface area (Å²) in [5.41, 5.74) is 1.72. The first kappa shape index (κ1) is 23.6. The second kappa shape index (κ2) is 12.1. The highest BCUT2D eigenvalue weighted by Crippen LogP contribution is 2.19. The van der Waals surface area contributed by atoms with Crippen LogP contribution >= 0.6 is 0 Å². The third kappa shape index (κ3) is 7.53. The summed E-state index contributed by atoms with van der Waals surface area (Å²) in [5.74, 6) is 0.932. The molecule has 1 aromatic rings. The fourth-order valence-corrected chi connectivity index (χ4v) is 4.73. The van der Waals surface area contributed by atoms with Gasteiger partial charge in [0.1, 0.15) is 0 Å². The van der Waals surface area contributed by atoms with Crippen LogP contribution in [-0.2, 0) is 6.54 Å². The molecule has 2 aliphatic heterocycles. The maximum absolute atomic E-state index is 12.7. The van der Waals surface area contributed by atoms with Crippen molar-refractivity contribution in [2.45, 2.75) is 71.4 Å². The molecule has 0 unspecified atom stereocenters. The molecule has 2 fully saturated rings. The summed E-state index contributed by atoms with van der Waals surface area (Å²) < 4.78 is 0. The van der Waals surface area contributed by atoms with Crippen LogP contribution in [0.4, 0.5) is 4.79 Å². The number of unbranched alkanes of at least 4 members (excludes halogenated alkanes) is 1. The lowest BCUT2D eigenvalue weighted by Crippen LogP contribution is -2.42. The van der Waals surface area contributed by atoms with Crippen molar-refractivity contribution in [1.29, 1.82) is 0 Å². The highest BCUT2D eigenvalue weighted by molar-refractivity contribution is 5.94. The average molecular weight is 429 g/mol. The molecule has 2 atom stereocenters. The molecule has 172 valence electrons. The van der Waals surface area contributed by atoms with E-state index < -0.39 is 0 Å². The molecule has 3 amide bonds. The highest BCUT2D eigenvalue weighted by atomic mass is 16.2. The predicted molar refractivity (Wildman–Crippen MR) is 125 cm³/mol. The molecule has 2 saturated heterocycles. The minimum atomic E-state index is -0.131. The Bertz CT molecular complexity index is 706. The lowest BCUT2D eigenvalue weighted by atomic mass is 10.0. The summed E-state index contributed by atoms with van der Waals surface area (Å²) in [6, 6.07) is 7.80. The Labute approximate surface area is 187 Å². The lowest BCUT2D eigenvalue weighted by molar-refractivity contribution is 0.0635. The maximum Gasteiger partial charge on any atom is 0.315 e. The van der Waals surface area contributed by atoms with Gasteiger partial charge in [-0.1, -0.05) is 19.1 Å². The van der Waals surface area contributed by atoms with E-state index in [1.54, 1.807) is 0 Å². The Morgan fingerprint density at radius 2 is 1.77 bits per heavy atom. The number of hydrogen-bond acceptors (Lipinski definition) is 3. The Hall–Kier alpha value is -2.08. The first-order chi connectivity index (χ1) is 15.0. The number of benzene rings is 1. The molecule has 0 radical (unpaired) electrons. The quantitative estimate of drug-likeness (QED) is 0.615. The van der Waals surface area contributed by atoms with E-state index in [2.05, 4.69) is 29.4 Å².